The van der Waals surface area contributed by atoms with Gasteiger partial charge in [-0.25, -0.2) is 14.5 Å². The molecular weight excluding hydrogens is 318 g/mol. The molecule has 0 fully saturated rings. The number of rotatable bonds is 7. The first kappa shape index (κ1) is 20.0. The first-order chi connectivity index (χ1) is 12.0. The Morgan fingerprint density at radius 1 is 1.24 bits per heavy atom. The summed E-state index contributed by atoms with van der Waals surface area (Å²) in [6.07, 6.45) is 5.36. The number of allylic oxidation sites excluding steroid dienone is 1. The fourth-order valence-corrected chi connectivity index (χ4v) is 1.81. The van der Waals surface area contributed by atoms with Crippen LogP contribution in [0.15, 0.2) is 60.5 Å². The van der Waals surface area contributed by atoms with Gasteiger partial charge in [-0.15, -0.1) is 5.73 Å². The van der Waals surface area contributed by atoms with E-state index >= 15 is 0 Å². The number of nitrogens with zero attached hydrogens (tertiary/aromatic N) is 1. The van der Waals surface area contributed by atoms with Crippen LogP contribution in [-0.4, -0.2) is 25.3 Å². The van der Waals surface area contributed by atoms with E-state index in [1.807, 2.05) is 19.9 Å². The van der Waals surface area contributed by atoms with Crippen molar-refractivity contribution in [2.75, 3.05) is 18.1 Å². The van der Waals surface area contributed by atoms with Crippen molar-refractivity contribution >= 4 is 23.8 Å². The van der Waals surface area contributed by atoms with Gasteiger partial charge in [0.25, 0.3) is 0 Å². The van der Waals surface area contributed by atoms with E-state index in [-0.39, 0.29) is 6.61 Å². The zero-order chi connectivity index (χ0) is 18.7. The van der Waals surface area contributed by atoms with Crippen molar-refractivity contribution in [1.29, 1.82) is 0 Å². The number of anilines is 1. The molecule has 132 valence electrons. The smallest absolute Gasteiger partial charge is 0.419 e. The molecule has 0 aliphatic carbocycles. The lowest BCUT2D eigenvalue weighted by atomic mass is 10.1. The minimum Gasteiger partial charge on any atom is -0.463 e. The molecule has 0 aliphatic rings. The Bertz CT molecular complexity index is 708. The number of hydrogen-bond acceptors (Lipinski definition) is 4. The third-order valence-electron chi connectivity index (χ3n) is 2.89. The minimum absolute atomic E-state index is 0.0961. The second-order valence-electron chi connectivity index (χ2n) is 5.15. The topological polar surface area (TPSA) is 55.8 Å². The molecule has 0 heterocycles. The van der Waals surface area contributed by atoms with Gasteiger partial charge in [-0.3, -0.25) is 0 Å². The molecule has 1 amide bonds. The Hall–Kier alpha value is -3.04. The summed E-state index contributed by atoms with van der Waals surface area (Å²) in [6.45, 7) is 9.41. The molecule has 1 rings (SSSR count). The summed E-state index contributed by atoms with van der Waals surface area (Å²) < 4.78 is 10.0. The van der Waals surface area contributed by atoms with Crippen molar-refractivity contribution in [2.24, 2.45) is 0 Å². The van der Waals surface area contributed by atoms with E-state index in [0.717, 1.165) is 5.57 Å². The van der Waals surface area contributed by atoms with Crippen LogP contribution in [0.2, 0.25) is 0 Å². The maximum atomic E-state index is 12.4. The van der Waals surface area contributed by atoms with Gasteiger partial charge in [0.15, 0.2) is 0 Å². The molecule has 0 aromatic heterocycles. The van der Waals surface area contributed by atoms with Gasteiger partial charge in [-0.1, -0.05) is 30.9 Å². The zero-order valence-electron chi connectivity index (χ0n) is 14.8. The lowest BCUT2D eigenvalue weighted by Gasteiger charge is -2.19. The molecule has 0 bridgehead atoms. The molecule has 0 spiro atoms. The predicted molar refractivity (Wildman–Crippen MR) is 99.1 cm³/mol. The molecular formula is C20H23NO4. The van der Waals surface area contributed by atoms with Gasteiger partial charge < -0.3 is 9.47 Å². The lowest BCUT2D eigenvalue weighted by molar-refractivity contribution is -0.137. The van der Waals surface area contributed by atoms with Gasteiger partial charge in [0.1, 0.15) is 6.61 Å². The molecule has 1 aromatic rings. The average Bonchev–Trinajstić information content (AvgIpc) is 2.59. The van der Waals surface area contributed by atoms with Gasteiger partial charge in [-0.2, -0.15) is 0 Å². The summed E-state index contributed by atoms with van der Waals surface area (Å²) in [5.41, 5.74) is 5.12. The van der Waals surface area contributed by atoms with Crippen molar-refractivity contribution in [2.45, 2.75) is 20.8 Å². The van der Waals surface area contributed by atoms with Crippen LogP contribution < -0.4 is 4.90 Å². The quantitative estimate of drug-likeness (QED) is 0.318. The number of ether oxygens (including phenoxy) is 2. The Kier molecular flexibility index (Phi) is 8.55. The summed E-state index contributed by atoms with van der Waals surface area (Å²) in [6, 6.07) is 7.14. The lowest BCUT2D eigenvalue weighted by Crippen LogP contribution is -2.26. The molecule has 0 atom stereocenters. The Balaban J connectivity index is 3.25. The number of esters is 1. The highest BCUT2D eigenvalue weighted by atomic mass is 16.6. The van der Waals surface area contributed by atoms with Crippen molar-refractivity contribution in [3.8, 4) is 0 Å². The molecule has 0 saturated heterocycles. The van der Waals surface area contributed by atoms with Crippen LogP contribution in [0, 0.1) is 0 Å². The van der Waals surface area contributed by atoms with Gasteiger partial charge in [-0.05, 0) is 44.1 Å². The van der Waals surface area contributed by atoms with Gasteiger partial charge in [0.2, 0.25) is 0 Å². The molecule has 0 unspecified atom stereocenters. The fraction of sp³-hybridized carbons (Fsp3) is 0.250. The van der Waals surface area contributed by atoms with Crippen molar-refractivity contribution in [3.63, 3.8) is 0 Å². The van der Waals surface area contributed by atoms with E-state index in [4.69, 9.17) is 9.47 Å². The summed E-state index contributed by atoms with van der Waals surface area (Å²) in [5.74, 6) is -0.446. The number of benzene rings is 1. The van der Waals surface area contributed by atoms with Gasteiger partial charge in [0.05, 0.1) is 18.5 Å². The van der Waals surface area contributed by atoms with Crippen LogP contribution in [0.25, 0.3) is 6.08 Å². The van der Waals surface area contributed by atoms with E-state index in [0.29, 0.717) is 17.9 Å². The summed E-state index contributed by atoms with van der Waals surface area (Å²) in [5, 5.41) is 0. The number of amides is 1. The highest BCUT2D eigenvalue weighted by molar-refractivity contribution is 5.94. The Labute approximate surface area is 148 Å². The summed E-state index contributed by atoms with van der Waals surface area (Å²) in [4.78, 5) is 25.2. The molecule has 5 nitrogen and oxygen atoms in total. The SMILES string of the molecule is C=CCOC(=O)N(C=C=C(C)C)c1ccccc1/C=C/C(=O)OCC. The van der Waals surface area contributed by atoms with E-state index in [9.17, 15) is 9.59 Å². The summed E-state index contributed by atoms with van der Waals surface area (Å²) >= 11 is 0. The molecule has 0 N–H and O–H groups in total. The van der Waals surface area contributed by atoms with E-state index in [2.05, 4.69) is 12.3 Å². The number of para-hydroxylation sites is 1. The maximum absolute atomic E-state index is 12.4. The molecule has 25 heavy (non-hydrogen) atoms. The summed E-state index contributed by atoms with van der Waals surface area (Å²) in [7, 11) is 0. The van der Waals surface area contributed by atoms with Crippen LogP contribution in [-0.2, 0) is 14.3 Å². The number of carbonyl (C=O) groups excluding carboxylic acids is 2. The third kappa shape index (κ3) is 6.94. The molecule has 1 aromatic carbocycles. The fourth-order valence-electron chi connectivity index (χ4n) is 1.81. The normalized spacial score (nSPS) is 9.88. The molecule has 0 radical (unpaired) electrons. The zero-order valence-corrected chi connectivity index (χ0v) is 14.8. The van der Waals surface area contributed by atoms with Crippen LogP contribution in [0.5, 0.6) is 0 Å². The van der Waals surface area contributed by atoms with Crippen LogP contribution >= 0.6 is 0 Å². The Morgan fingerprint density at radius 2 is 1.96 bits per heavy atom. The average molecular weight is 341 g/mol. The predicted octanol–water partition coefficient (Wildman–Crippen LogP) is 4.47. The monoisotopic (exact) mass is 341 g/mol. The number of hydrogen-bond donors (Lipinski definition) is 0. The van der Waals surface area contributed by atoms with Gasteiger partial charge in [0, 0.05) is 6.08 Å². The standard InChI is InChI=1S/C20H23NO4/c1-5-15-25-20(23)21(14-13-16(3)4)18-10-8-7-9-17(18)11-12-19(22)24-6-2/h5,7-12,14H,1,6,15H2,2-4H3/b12-11+. The highest BCUT2D eigenvalue weighted by Crippen LogP contribution is 2.23. The third-order valence-corrected chi connectivity index (χ3v) is 2.89. The van der Waals surface area contributed by atoms with Gasteiger partial charge >= 0.3 is 12.1 Å². The van der Waals surface area contributed by atoms with Crippen molar-refractivity contribution in [3.05, 3.63) is 66.1 Å². The molecule has 0 aliphatic heterocycles. The van der Waals surface area contributed by atoms with Crippen LogP contribution in [0.4, 0.5) is 10.5 Å². The second kappa shape index (κ2) is 10.7. The minimum atomic E-state index is -0.564. The van der Waals surface area contributed by atoms with Crippen LogP contribution in [0.3, 0.4) is 0 Å². The van der Waals surface area contributed by atoms with E-state index < -0.39 is 12.1 Å². The first-order valence-electron chi connectivity index (χ1n) is 7.90. The van der Waals surface area contributed by atoms with Crippen molar-refractivity contribution < 1.29 is 19.1 Å². The second-order valence-corrected chi connectivity index (χ2v) is 5.15. The first-order valence-corrected chi connectivity index (χ1v) is 7.90. The largest absolute Gasteiger partial charge is 0.463 e. The molecule has 5 heteroatoms. The van der Waals surface area contributed by atoms with Crippen LogP contribution in [0.1, 0.15) is 26.3 Å². The Morgan fingerprint density at radius 3 is 2.60 bits per heavy atom. The highest BCUT2D eigenvalue weighted by Gasteiger charge is 2.16. The van der Waals surface area contributed by atoms with E-state index in [1.165, 1.54) is 23.3 Å². The van der Waals surface area contributed by atoms with E-state index in [1.54, 1.807) is 31.2 Å². The molecule has 0 saturated carbocycles. The maximum Gasteiger partial charge on any atom is 0.419 e. The number of carbonyl (C=O) groups is 2. The van der Waals surface area contributed by atoms with Crippen molar-refractivity contribution in [1.82, 2.24) is 0 Å².